The fraction of sp³-hybridized carbons (Fsp3) is 0.304. The van der Waals surface area contributed by atoms with E-state index in [1.165, 1.54) is 20.0 Å². The van der Waals surface area contributed by atoms with Crippen LogP contribution in [0.5, 0.6) is 11.5 Å². The van der Waals surface area contributed by atoms with Crippen LogP contribution >= 0.6 is 11.6 Å². The molecule has 6 heteroatoms. The molecule has 5 nitrogen and oxygen atoms in total. The van der Waals surface area contributed by atoms with Gasteiger partial charge in [0.05, 0.1) is 19.3 Å². The summed E-state index contributed by atoms with van der Waals surface area (Å²) in [7, 11) is 1.54. The third-order valence-electron chi connectivity index (χ3n) is 4.48. The standard InChI is InChI=1S/C23H24ClNO4/c1-3-4-5-8-13-28-20-10-7-6-9-16(20)14-19-23(26)29-22(25-19)18-15-17(24)11-12-21(18)27-2/h6-7,9-12,14-15H,3-5,8,13H2,1-2H3/b19-14-. The van der Waals surface area contributed by atoms with Gasteiger partial charge in [-0.1, -0.05) is 56.0 Å². The number of ether oxygens (including phenoxy) is 3. The zero-order valence-corrected chi connectivity index (χ0v) is 17.4. The summed E-state index contributed by atoms with van der Waals surface area (Å²) in [5.74, 6) is 0.879. The first-order chi connectivity index (χ1) is 14.1. The lowest BCUT2D eigenvalue weighted by atomic mass is 10.1. The molecule has 0 atom stereocenters. The van der Waals surface area contributed by atoms with E-state index in [0.29, 0.717) is 28.7 Å². The summed E-state index contributed by atoms with van der Waals surface area (Å²) in [6.07, 6.45) is 6.19. The second-order valence-corrected chi connectivity index (χ2v) is 7.06. The molecule has 152 valence electrons. The van der Waals surface area contributed by atoms with Gasteiger partial charge >= 0.3 is 5.97 Å². The van der Waals surface area contributed by atoms with Gasteiger partial charge in [0, 0.05) is 10.6 Å². The third-order valence-corrected chi connectivity index (χ3v) is 4.71. The molecule has 0 saturated carbocycles. The van der Waals surface area contributed by atoms with Crippen LogP contribution in [0.15, 0.2) is 53.2 Å². The van der Waals surface area contributed by atoms with Crippen LogP contribution in [0.4, 0.5) is 0 Å². The van der Waals surface area contributed by atoms with Crippen molar-refractivity contribution in [2.24, 2.45) is 4.99 Å². The fourth-order valence-electron chi connectivity index (χ4n) is 2.96. The Kier molecular flexibility index (Phi) is 7.30. The van der Waals surface area contributed by atoms with E-state index in [4.69, 9.17) is 25.8 Å². The molecule has 1 heterocycles. The summed E-state index contributed by atoms with van der Waals surface area (Å²) in [6.45, 7) is 2.82. The smallest absolute Gasteiger partial charge is 0.363 e. The van der Waals surface area contributed by atoms with E-state index in [0.717, 1.165) is 18.4 Å². The summed E-state index contributed by atoms with van der Waals surface area (Å²) in [5, 5.41) is 0.499. The van der Waals surface area contributed by atoms with Crippen molar-refractivity contribution in [1.29, 1.82) is 0 Å². The molecule has 0 amide bonds. The van der Waals surface area contributed by atoms with Crippen LogP contribution in [-0.2, 0) is 9.53 Å². The maximum absolute atomic E-state index is 12.4. The van der Waals surface area contributed by atoms with Crippen molar-refractivity contribution in [3.8, 4) is 11.5 Å². The van der Waals surface area contributed by atoms with Gasteiger partial charge in [-0.05, 0) is 36.8 Å². The molecule has 29 heavy (non-hydrogen) atoms. The van der Waals surface area contributed by atoms with Crippen molar-refractivity contribution < 1.29 is 19.0 Å². The van der Waals surface area contributed by atoms with Crippen LogP contribution in [0, 0.1) is 0 Å². The Labute approximate surface area is 176 Å². The SMILES string of the molecule is CCCCCCOc1ccccc1/C=C1\N=C(c2cc(Cl)ccc2OC)OC1=O. The lowest BCUT2D eigenvalue weighted by Gasteiger charge is -2.09. The van der Waals surface area contributed by atoms with Crippen molar-refractivity contribution in [3.63, 3.8) is 0 Å². The van der Waals surface area contributed by atoms with Crippen LogP contribution in [0.25, 0.3) is 6.08 Å². The fourth-order valence-corrected chi connectivity index (χ4v) is 3.13. The van der Waals surface area contributed by atoms with Crippen LogP contribution in [-0.4, -0.2) is 25.6 Å². The van der Waals surface area contributed by atoms with Gasteiger partial charge in [-0.25, -0.2) is 9.79 Å². The Balaban J connectivity index is 1.82. The van der Waals surface area contributed by atoms with Crippen molar-refractivity contribution in [2.45, 2.75) is 32.6 Å². The number of benzene rings is 2. The third kappa shape index (κ3) is 5.39. The molecule has 1 aliphatic heterocycles. The van der Waals surface area contributed by atoms with Gasteiger partial charge in [0.15, 0.2) is 5.70 Å². The Morgan fingerprint density at radius 1 is 1.10 bits per heavy atom. The van der Waals surface area contributed by atoms with E-state index >= 15 is 0 Å². The van der Waals surface area contributed by atoms with Gasteiger partial charge in [0.25, 0.3) is 0 Å². The zero-order valence-electron chi connectivity index (χ0n) is 16.6. The molecule has 2 aromatic rings. The van der Waals surface area contributed by atoms with E-state index in [1.54, 1.807) is 24.3 Å². The monoisotopic (exact) mass is 413 g/mol. The van der Waals surface area contributed by atoms with Gasteiger partial charge in [-0.3, -0.25) is 0 Å². The number of cyclic esters (lactones) is 1. The molecule has 3 rings (SSSR count). The highest BCUT2D eigenvalue weighted by Gasteiger charge is 2.26. The van der Waals surface area contributed by atoms with Crippen LogP contribution in [0.2, 0.25) is 5.02 Å². The number of aliphatic imine (C=N–C) groups is 1. The number of rotatable bonds is 9. The van der Waals surface area contributed by atoms with E-state index in [-0.39, 0.29) is 11.6 Å². The number of halogens is 1. The summed E-state index contributed by atoms with van der Waals surface area (Å²) in [5.41, 5.74) is 1.50. The Bertz CT molecular complexity index is 936. The van der Waals surface area contributed by atoms with Crippen LogP contribution in [0.3, 0.4) is 0 Å². The molecule has 0 saturated heterocycles. The number of para-hydroxylation sites is 1. The zero-order chi connectivity index (χ0) is 20.6. The van der Waals surface area contributed by atoms with Crippen molar-refractivity contribution in [2.75, 3.05) is 13.7 Å². The number of hydrogen-bond acceptors (Lipinski definition) is 5. The predicted octanol–water partition coefficient (Wildman–Crippen LogP) is 5.65. The highest BCUT2D eigenvalue weighted by Crippen LogP contribution is 2.29. The Morgan fingerprint density at radius 3 is 2.72 bits per heavy atom. The average molecular weight is 414 g/mol. The lowest BCUT2D eigenvalue weighted by molar-refractivity contribution is -0.129. The molecule has 0 spiro atoms. The van der Waals surface area contributed by atoms with Gasteiger partial charge in [0.2, 0.25) is 5.90 Å². The molecular weight excluding hydrogens is 390 g/mol. The summed E-state index contributed by atoms with van der Waals surface area (Å²) < 4.78 is 16.6. The number of hydrogen-bond donors (Lipinski definition) is 0. The van der Waals surface area contributed by atoms with E-state index < -0.39 is 5.97 Å². The molecule has 0 radical (unpaired) electrons. The summed E-state index contributed by atoms with van der Waals surface area (Å²) in [6, 6.07) is 12.6. The first kappa shape index (κ1) is 20.9. The maximum Gasteiger partial charge on any atom is 0.363 e. The minimum absolute atomic E-state index is 0.165. The summed E-state index contributed by atoms with van der Waals surface area (Å²) >= 11 is 6.07. The topological polar surface area (TPSA) is 57.1 Å². The molecule has 0 fully saturated rings. The second kappa shape index (κ2) is 10.1. The normalized spacial score (nSPS) is 14.7. The molecule has 0 bridgehead atoms. The molecule has 0 aromatic heterocycles. The molecule has 0 N–H and O–H groups in total. The van der Waals surface area contributed by atoms with Crippen LogP contribution in [0.1, 0.15) is 43.7 Å². The molecule has 1 aliphatic rings. The first-order valence-corrected chi connectivity index (χ1v) is 10.1. The quantitative estimate of drug-likeness (QED) is 0.302. The number of esters is 1. The molecule has 0 aliphatic carbocycles. The maximum atomic E-state index is 12.4. The second-order valence-electron chi connectivity index (χ2n) is 6.63. The van der Waals surface area contributed by atoms with Gasteiger partial charge in [-0.15, -0.1) is 0 Å². The summed E-state index contributed by atoms with van der Waals surface area (Å²) in [4.78, 5) is 16.7. The highest BCUT2D eigenvalue weighted by atomic mass is 35.5. The Hall–Kier alpha value is -2.79. The number of nitrogens with zero attached hydrogens (tertiary/aromatic N) is 1. The number of carbonyl (C=O) groups is 1. The minimum atomic E-state index is -0.528. The largest absolute Gasteiger partial charge is 0.496 e. The van der Waals surface area contributed by atoms with Gasteiger partial charge in [-0.2, -0.15) is 0 Å². The number of unbranched alkanes of at least 4 members (excludes halogenated alkanes) is 3. The minimum Gasteiger partial charge on any atom is -0.496 e. The van der Waals surface area contributed by atoms with Crippen molar-refractivity contribution >= 4 is 29.5 Å². The van der Waals surface area contributed by atoms with E-state index in [1.807, 2.05) is 24.3 Å². The average Bonchev–Trinajstić information content (AvgIpc) is 3.09. The van der Waals surface area contributed by atoms with Crippen molar-refractivity contribution in [1.82, 2.24) is 0 Å². The molecular formula is C23H24ClNO4. The lowest BCUT2D eigenvalue weighted by Crippen LogP contribution is -2.07. The first-order valence-electron chi connectivity index (χ1n) is 9.70. The Morgan fingerprint density at radius 2 is 1.93 bits per heavy atom. The van der Waals surface area contributed by atoms with Crippen molar-refractivity contribution in [3.05, 3.63) is 64.3 Å². The predicted molar refractivity (Wildman–Crippen MR) is 115 cm³/mol. The number of carbonyl (C=O) groups excluding carboxylic acids is 1. The number of methoxy groups -OCH3 is 1. The van der Waals surface area contributed by atoms with Gasteiger partial charge in [0.1, 0.15) is 11.5 Å². The van der Waals surface area contributed by atoms with Gasteiger partial charge < -0.3 is 14.2 Å². The van der Waals surface area contributed by atoms with Crippen LogP contribution < -0.4 is 9.47 Å². The molecule has 2 aromatic carbocycles. The van der Waals surface area contributed by atoms with E-state index in [9.17, 15) is 4.79 Å². The molecule has 0 unspecified atom stereocenters. The highest BCUT2D eigenvalue weighted by molar-refractivity contribution is 6.31. The van der Waals surface area contributed by atoms with E-state index in [2.05, 4.69) is 11.9 Å².